The zero-order valence-electron chi connectivity index (χ0n) is 31.9. The van der Waals surface area contributed by atoms with E-state index in [4.69, 9.17) is 24.3 Å². The van der Waals surface area contributed by atoms with Crippen LogP contribution in [0, 0.1) is 0 Å². The van der Waals surface area contributed by atoms with Crippen LogP contribution in [0.2, 0.25) is 0 Å². The highest BCUT2D eigenvalue weighted by Crippen LogP contribution is 2.43. The molecule has 0 aromatic carbocycles. The van der Waals surface area contributed by atoms with Crippen molar-refractivity contribution in [3.8, 4) is 0 Å². The topological polar surface area (TPSA) is 134 Å². The first-order chi connectivity index (χ1) is 23.8. The molecule has 0 rings (SSSR count). The number of ether oxygens (including phenoxy) is 2. The van der Waals surface area contributed by atoms with Crippen molar-refractivity contribution in [1.82, 2.24) is 0 Å². The zero-order chi connectivity index (χ0) is 36.1. The predicted molar refractivity (Wildman–Crippen MR) is 201 cm³/mol. The van der Waals surface area contributed by atoms with Crippen LogP contribution in [-0.4, -0.2) is 49.3 Å². The third-order valence-electron chi connectivity index (χ3n) is 8.99. The van der Waals surface area contributed by atoms with E-state index in [1.165, 1.54) is 141 Å². The van der Waals surface area contributed by atoms with E-state index in [0.717, 1.165) is 32.1 Å². The maximum Gasteiger partial charge on any atom is 0.472 e. The molecule has 2 atom stereocenters. The normalized spacial score (nSPS) is 13.3. The van der Waals surface area contributed by atoms with Gasteiger partial charge in [-0.05, 0) is 12.8 Å². The Kier molecular flexibility index (Phi) is 36.0. The summed E-state index contributed by atoms with van der Waals surface area (Å²) in [6.45, 7) is 3.75. The zero-order valence-corrected chi connectivity index (χ0v) is 32.8. The lowest BCUT2D eigenvalue weighted by atomic mass is 10.0. The van der Waals surface area contributed by atoms with E-state index < -0.39 is 26.5 Å². The first-order valence-corrected chi connectivity index (χ1v) is 22.0. The summed E-state index contributed by atoms with van der Waals surface area (Å²) in [5, 5.41) is 0. The van der Waals surface area contributed by atoms with E-state index in [1.807, 2.05) is 0 Å². The van der Waals surface area contributed by atoms with Crippen molar-refractivity contribution in [1.29, 1.82) is 0 Å². The summed E-state index contributed by atoms with van der Waals surface area (Å²) in [4.78, 5) is 34.7. The molecule has 0 saturated carbocycles. The number of hydrogen-bond acceptors (Lipinski definition) is 8. The molecule has 0 aliphatic rings. The van der Waals surface area contributed by atoms with Crippen molar-refractivity contribution >= 4 is 19.8 Å². The quantitative estimate of drug-likeness (QED) is 0.0361. The van der Waals surface area contributed by atoms with Crippen molar-refractivity contribution in [3.63, 3.8) is 0 Å². The lowest BCUT2D eigenvalue weighted by Gasteiger charge is -2.19. The molecule has 3 N–H and O–H groups in total. The Balaban J connectivity index is 4.12. The molecule has 0 heterocycles. The van der Waals surface area contributed by atoms with Crippen molar-refractivity contribution in [2.75, 3.05) is 26.4 Å². The second-order valence-corrected chi connectivity index (χ2v) is 15.3. The van der Waals surface area contributed by atoms with Gasteiger partial charge in [-0.15, -0.1) is 0 Å². The number of rotatable bonds is 39. The number of hydrogen-bond donors (Lipinski definition) is 2. The highest BCUT2D eigenvalue weighted by atomic mass is 31.2. The van der Waals surface area contributed by atoms with Gasteiger partial charge in [-0.25, -0.2) is 4.57 Å². The van der Waals surface area contributed by atoms with Crippen molar-refractivity contribution < 1.29 is 37.6 Å². The summed E-state index contributed by atoms with van der Waals surface area (Å²) >= 11 is 0. The molecule has 49 heavy (non-hydrogen) atoms. The Labute approximate surface area is 301 Å². The smallest absolute Gasteiger partial charge is 0.462 e. The van der Waals surface area contributed by atoms with Gasteiger partial charge in [0.2, 0.25) is 0 Å². The number of carbonyl (C=O) groups is 2. The lowest BCUT2D eigenvalue weighted by Crippen LogP contribution is -2.29. The van der Waals surface area contributed by atoms with Gasteiger partial charge in [0.1, 0.15) is 6.61 Å². The van der Waals surface area contributed by atoms with Crippen LogP contribution in [0.1, 0.15) is 206 Å². The number of esters is 2. The van der Waals surface area contributed by atoms with Crippen LogP contribution in [0.4, 0.5) is 0 Å². The molecule has 0 amide bonds. The Morgan fingerprint density at radius 3 is 1.24 bits per heavy atom. The average Bonchev–Trinajstić information content (AvgIpc) is 3.08. The van der Waals surface area contributed by atoms with Gasteiger partial charge in [0.15, 0.2) is 6.10 Å². The summed E-state index contributed by atoms with van der Waals surface area (Å²) in [7, 11) is -4.36. The molecule has 0 fully saturated rings. The van der Waals surface area contributed by atoms with Crippen LogP contribution in [0.5, 0.6) is 0 Å². The van der Waals surface area contributed by atoms with Gasteiger partial charge in [0, 0.05) is 19.4 Å². The summed E-state index contributed by atoms with van der Waals surface area (Å²) in [5.41, 5.74) is 5.34. The maximum atomic E-state index is 12.5. The summed E-state index contributed by atoms with van der Waals surface area (Å²) in [6.07, 6.45) is 34.1. The standard InChI is InChI=1S/C39H78NO8P/c1-3-5-7-9-11-13-15-17-18-19-20-22-23-25-27-29-31-38(41)45-35-37(36-47-49(43,44)46-34-33-40)48-39(42)32-30-28-26-24-21-16-14-12-10-8-6-4-2/h37H,3-36,40H2,1-2H3,(H,43,44)/t37-/m1/s1. The minimum atomic E-state index is -4.36. The van der Waals surface area contributed by atoms with Gasteiger partial charge in [-0.1, -0.05) is 181 Å². The minimum absolute atomic E-state index is 0.0579. The molecule has 0 spiro atoms. The van der Waals surface area contributed by atoms with Crippen molar-refractivity contribution in [2.45, 2.75) is 213 Å². The maximum absolute atomic E-state index is 12.5. The van der Waals surface area contributed by atoms with Crippen LogP contribution in [0.3, 0.4) is 0 Å². The fourth-order valence-corrected chi connectivity index (χ4v) is 6.69. The number of carbonyl (C=O) groups excluding carboxylic acids is 2. The number of unbranched alkanes of at least 4 members (excludes halogenated alkanes) is 26. The van der Waals surface area contributed by atoms with Crippen LogP contribution >= 0.6 is 7.82 Å². The van der Waals surface area contributed by atoms with Crippen LogP contribution in [-0.2, 0) is 32.7 Å². The summed E-state index contributed by atoms with van der Waals surface area (Å²) in [5.74, 6) is -0.816. The average molecular weight is 720 g/mol. The lowest BCUT2D eigenvalue weighted by molar-refractivity contribution is -0.161. The van der Waals surface area contributed by atoms with E-state index in [2.05, 4.69) is 13.8 Å². The Morgan fingerprint density at radius 1 is 0.531 bits per heavy atom. The molecule has 0 radical (unpaired) electrons. The van der Waals surface area contributed by atoms with Gasteiger partial charge in [0.25, 0.3) is 0 Å². The van der Waals surface area contributed by atoms with Crippen molar-refractivity contribution in [2.24, 2.45) is 5.73 Å². The third-order valence-corrected chi connectivity index (χ3v) is 9.98. The Morgan fingerprint density at radius 2 is 0.878 bits per heavy atom. The fraction of sp³-hybridized carbons (Fsp3) is 0.949. The number of phosphoric acid groups is 1. The largest absolute Gasteiger partial charge is 0.472 e. The molecule has 0 aliphatic heterocycles. The molecule has 0 aliphatic carbocycles. The van der Waals surface area contributed by atoms with Crippen LogP contribution < -0.4 is 5.73 Å². The van der Waals surface area contributed by atoms with E-state index in [9.17, 15) is 19.0 Å². The molecule has 1 unspecified atom stereocenters. The molecule has 0 aromatic heterocycles. The molecule has 9 nitrogen and oxygen atoms in total. The molecule has 0 aromatic rings. The molecule has 292 valence electrons. The van der Waals surface area contributed by atoms with E-state index in [0.29, 0.717) is 6.42 Å². The molecule has 0 saturated heterocycles. The summed E-state index contributed by atoms with van der Waals surface area (Å²) < 4.78 is 32.7. The first kappa shape index (κ1) is 48.0. The van der Waals surface area contributed by atoms with Gasteiger partial charge < -0.3 is 20.1 Å². The van der Waals surface area contributed by atoms with E-state index in [1.54, 1.807) is 0 Å². The minimum Gasteiger partial charge on any atom is -0.462 e. The predicted octanol–water partition coefficient (Wildman–Crippen LogP) is 11.3. The molecule has 10 heteroatoms. The van der Waals surface area contributed by atoms with Crippen LogP contribution in [0.25, 0.3) is 0 Å². The van der Waals surface area contributed by atoms with Crippen molar-refractivity contribution in [3.05, 3.63) is 0 Å². The third kappa shape index (κ3) is 36.6. The van der Waals surface area contributed by atoms with Gasteiger partial charge in [-0.3, -0.25) is 18.6 Å². The second-order valence-electron chi connectivity index (χ2n) is 13.9. The van der Waals surface area contributed by atoms with Gasteiger partial charge in [-0.2, -0.15) is 0 Å². The fourth-order valence-electron chi connectivity index (χ4n) is 5.93. The van der Waals surface area contributed by atoms with E-state index >= 15 is 0 Å². The first-order valence-electron chi connectivity index (χ1n) is 20.5. The highest BCUT2D eigenvalue weighted by molar-refractivity contribution is 7.47. The Bertz CT molecular complexity index is 784. The van der Waals surface area contributed by atoms with Gasteiger partial charge in [0.05, 0.1) is 13.2 Å². The van der Waals surface area contributed by atoms with Crippen LogP contribution in [0.15, 0.2) is 0 Å². The SMILES string of the molecule is CCCCCCCCCCCCCCCCCCC(=O)OC[C@H](COP(=O)(O)OCCN)OC(=O)CCCCCCCCCCCCCC. The second kappa shape index (κ2) is 36.8. The molecular formula is C39H78NO8P. The number of nitrogens with two attached hydrogens (primary N) is 1. The van der Waals surface area contributed by atoms with Gasteiger partial charge >= 0.3 is 19.8 Å². The molecular weight excluding hydrogens is 641 g/mol. The molecule has 0 bridgehead atoms. The number of phosphoric ester groups is 1. The highest BCUT2D eigenvalue weighted by Gasteiger charge is 2.26. The van der Waals surface area contributed by atoms with E-state index in [-0.39, 0.29) is 38.6 Å². The summed E-state index contributed by atoms with van der Waals surface area (Å²) in [6, 6.07) is 0. The Hall–Kier alpha value is -0.990. The monoisotopic (exact) mass is 720 g/mol.